The molecule has 0 atom stereocenters. The molecular weight excluding hydrogens is 484 g/mol. The third-order valence-corrected chi connectivity index (χ3v) is 7.92. The van der Waals surface area contributed by atoms with Crippen molar-refractivity contribution in [3.63, 3.8) is 0 Å². The van der Waals surface area contributed by atoms with Crippen LogP contribution in [0.1, 0.15) is 94.3 Å². The average molecular weight is 537 g/mol. The Labute approximate surface area is 236 Å². The number of nitrogens with zero attached hydrogens (tertiary/aromatic N) is 2. The van der Waals surface area contributed by atoms with Gasteiger partial charge >= 0.3 is 0 Å². The van der Waals surface area contributed by atoms with E-state index < -0.39 is 0 Å². The van der Waals surface area contributed by atoms with Crippen LogP contribution in [-0.2, 0) is 4.79 Å². The zero-order valence-electron chi connectivity index (χ0n) is 24.4. The summed E-state index contributed by atoms with van der Waals surface area (Å²) in [7, 11) is 0. The van der Waals surface area contributed by atoms with Gasteiger partial charge < -0.3 is 20.4 Å². The maximum Gasteiger partial charge on any atom is 0.251 e. The van der Waals surface area contributed by atoms with E-state index in [1.54, 1.807) is 0 Å². The molecule has 6 nitrogen and oxygen atoms in total. The summed E-state index contributed by atoms with van der Waals surface area (Å²) in [5, 5.41) is 8.32. The van der Waals surface area contributed by atoms with Crippen LogP contribution >= 0.6 is 0 Å². The van der Waals surface area contributed by atoms with Gasteiger partial charge in [-0.15, -0.1) is 0 Å². The quantitative estimate of drug-likeness (QED) is 0.216. The molecule has 0 aromatic heterocycles. The second kappa shape index (κ2) is 18.8. The highest BCUT2D eigenvalue weighted by Gasteiger charge is 2.16. The van der Waals surface area contributed by atoms with E-state index in [1.807, 2.05) is 42.5 Å². The molecule has 0 spiro atoms. The van der Waals surface area contributed by atoms with Crippen molar-refractivity contribution in [2.24, 2.45) is 0 Å². The number of piperazine rings is 1. The Balaban J connectivity index is 1.15. The summed E-state index contributed by atoms with van der Waals surface area (Å²) >= 11 is 0. The lowest BCUT2D eigenvalue weighted by molar-refractivity contribution is -0.121. The maximum absolute atomic E-state index is 12.7. The highest BCUT2D eigenvalue weighted by atomic mass is 16.2. The Morgan fingerprint density at radius 1 is 0.667 bits per heavy atom. The summed E-state index contributed by atoms with van der Waals surface area (Å²) in [6, 6.07) is 13.9. The van der Waals surface area contributed by atoms with Gasteiger partial charge in [0.25, 0.3) is 5.91 Å². The molecule has 39 heavy (non-hydrogen) atoms. The Morgan fingerprint density at radius 2 is 1.23 bits per heavy atom. The van der Waals surface area contributed by atoms with Crippen LogP contribution < -0.4 is 10.6 Å². The Kier molecular flexibility index (Phi) is 15.0. The van der Waals surface area contributed by atoms with Crippen molar-refractivity contribution in [2.45, 2.75) is 84.0 Å². The van der Waals surface area contributed by atoms with Crippen molar-refractivity contribution in [3.05, 3.63) is 48.0 Å². The monoisotopic (exact) mass is 536 g/mol. The molecule has 2 aromatic carbocycles. The Morgan fingerprint density at radius 3 is 1.90 bits per heavy atom. The van der Waals surface area contributed by atoms with Crippen LogP contribution in [0.15, 0.2) is 42.5 Å². The predicted octanol–water partition coefficient (Wildman–Crippen LogP) is 6.00. The zero-order valence-corrected chi connectivity index (χ0v) is 24.4. The van der Waals surface area contributed by atoms with Crippen LogP contribution in [0, 0.1) is 0 Å². The third kappa shape index (κ3) is 12.1. The molecule has 2 N–H and O–H groups in total. The molecule has 0 radical (unpaired) electrons. The molecule has 0 saturated carbocycles. The van der Waals surface area contributed by atoms with Crippen molar-refractivity contribution >= 4 is 22.6 Å². The average Bonchev–Trinajstić information content (AvgIpc) is 2.97. The van der Waals surface area contributed by atoms with Crippen molar-refractivity contribution in [1.82, 2.24) is 20.4 Å². The number of hydrogen-bond donors (Lipinski definition) is 2. The molecule has 1 heterocycles. The minimum absolute atomic E-state index is 0.0110. The van der Waals surface area contributed by atoms with Gasteiger partial charge in [0.1, 0.15) is 0 Å². The summed E-state index contributed by atoms with van der Waals surface area (Å²) < 4.78 is 0. The van der Waals surface area contributed by atoms with Gasteiger partial charge in [-0.2, -0.15) is 0 Å². The first kappa shape index (κ1) is 31.1. The minimum atomic E-state index is 0.0110. The lowest BCUT2D eigenvalue weighted by Gasteiger charge is -2.34. The summed E-state index contributed by atoms with van der Waals surface area (Å²) in [4.78, 5) is 29.8. The predicted molar refractivity (Wildman–Crippen MR) is 163 cm³/mol. The summed E-state index contributed by atoms with van der Waals surface area (Å²) in [5.74, 6) is 0.229. The molecule has 3 rings (SSSR count). The highest BCUT2D eigenvalue weighted by molar-refractivity contribution is 6.06. The van der Waals surface area contributed by atoms with E-state index in [4.69, 9.17) is 0 Å². The number of fused-ring (bicyclic) bond motifs is 1. The van der Waals surface area contributed by atoms with Gasteiger partial charge in [-0.05, 0) is 49.2 Å². The van der Waals surface area contributed by atoms with E-state index in [0.29, 0.717) is 13.0 Å². The Hall–Kier alpha value is -2.44. The number of nitrogens with one attached hydrogen (secondary N) is 2. The molecular formula is C33H52N4O2. The van der Waals surface area contributed by atoms with Gasteiger partial charge in [0.2, 0.25) is 5.91 Å². The molecule has 1 aliphatic heterocycles. The van der Waals surface area contributed by atoms with E-state index in [9.17, 15) is 9.59 Å². The smallest absolute Gasteiger partial charge is 0.251 e. The fraction of sp³-hybridized carbons (Fsp3) is 0.636. The molecule has 0 unspecified atom stereocenters. The first-order valence-electron chi connectivity index (χ1n) is 15.6. The summed E-state index contributed by atoms with van der Waals surface area (Å²) in [5.41, 5.74) is 0.751. The third-order valence-electron chi connectivity index (χ3n) is 7.92. The summed E-state index contributed by atoms with van der Waals surface area (Å²) in [6.07, 6.45) is 14.2. The van der Waals surface area contributed by atoms with Crippen LogP contribution in [0.25, 0.3) is 10.8 Å². The molecule has 1 fully saturated rings. The normalized spacial score (nSPS) is 14.5. The molecule has 0 aliphatic carbocycles. The number of benzene rings is 2. The Bertz CT molecular complexity index is 966. The minimum Gasteiger partial charge on any atom is -0.356 e. The standard InChI is InChI=1S/C33H52N4O2/c1-2-3-4-5-6-7-8-9-10-20-32(38)34-21-14-23-36-25-27-37(28-26-36)24-15-22-35-33(39)31-19-13-17-29-16-11-12-18-30(29)31/h11-13,16-19H,2-10,14-15,20-28H2,1H3,(H,34,38)(H,35,39). The molecule has 0 bridgehead atoms. The number of carbonyl (C=O) groups is 2. The van der Waals surface area contributed by atoms with Crippen molar-refractivity contribution in [1.29, 1.82) is 0 Å². The number of amides is 2. The first-order chi connectivity index (χ1) is 19.2. The molecule has 1 saturated heterocycles. The van der Waals surface area contributed by atoms with Gasteiger partial charge in [-0.25, -0.2) is 0 Å². The number of rotatable bonds is 19. The van der Waals surface area contributed by atoms with Crippen LogP contribution in [0.3, 0.4) is 0 Å². The number of carbonyl (C=O) groups excluding carboxylic acids is 2. The number of unbranched alkanes of at least 4 members (excludes halogenated alkanes) is 8. The van der Waals surface area contributed by atoms with E-state index in [2.05, 4.69) is 27.4 Å². The fourth-order valence-corrected chi connectivity index (χ4v) is 5.47. The van der Waals surface area contributed by atoms with Crippen molar-refractivity contribution < 1.29 is 9.59 Å². The lowest BCUT2D eigenvalue weighted by atomic mass is 10.0. The summed E-state index contributed by atoms with van der Waals surface area (Å²) in [6.45, 7) is 10.1. The van der Waals surface area contributed by atoms with E-state index in [1.165, 1.54) is 51.4 Å². The highest BCUT2D eigenvalue weighted by Crippen LogP contribution is 2.18. The van der Waals surface area contributed by atoms with Crippen LogP contribution in [-0.4, -0.2) is 74.0 Å². The van der Waals surface area contributed by atoms with Gasteiger partial charge in [0.15, 0.2) is 0 Å². The van der Waals surface area contributed by atoms with Crippen LogP contribution in [0.4, 0.5) is 0 Å². The van der Waals surface area contributed by atoms with Crippen LogP contribution in [0.2, 0.25) is 0 Å². The largest absolute Gasteiger partial charge is 0.356 e. The molecule has 216 valence electrons. The van der Waals surface area contributed by atoms with Crippen molar-refractivity contribution in [3.8, 4) is 0 Å². The number of hydrogen-bond acceptors (Lipinski definition) is 4. The first-order valence-corrected chi connectivity index (χ1v) is 15.6. The second-order valence-corrected chi connectivity index (χ2v) is 11.1. The second-order valence-electron chi connectivity index (χ2n) is 11.1. The van der Waals surface area contributed by atoms with Gasteiger partial charge in [0, 0.05) is 51.3 Å². The van der Waals surface area contributed by atoms with E-state index in [0.717, 1.165) is 81.4 Å². The molecule has 2 aromatic rings. The topological polar surface area (TPSA) is 64.7 Å². The van der Waals surface area contributed by atoms with E-state index >= 15 is 0 Å². The van der Waals surface area contributed by atoms with Gasteiger partial charge in [0.05, 0.1) is 0 Å². The van der Waals surface area contributed by atoms with Crippen LogP contribution in [0.5, 0.6) is 0 Å². The van der Waals surface area contributed by atoms with Crippen molar-refractivity contribution in [2.75, 3.05) is 52.4 Å². The SMILES string of the molecule is CCCCCCCCCCCC(=O)NCCCN1CCN(CCCNC(=O)c2cccc3ccccc23)CC1. The van der Waals surface area contributed by atoms with Gasteiger partial charge in [-0.3, -0.25) is 9.59 Å². The van der Waals surface area contributed by atoms with Gasteiger partial charge in [-0.1, -0.05) is 94.7 Å². The lowest BCUT2D eigenvalue weighted by Crippen LogP contribution is -2.47. The fourth-order valence-electron chi connectivity index (χ4n) is 5.47. The molecule has 1 aliphatic rings. The zero-order chi connectivity index (χ0) is 27.5. The molecule has 6 heteroatoms. The van der Waals surface area contributed by atoms with E-state index in [-0.39, 0.29) is 11.8 Å². The maximum atomic E-state index is 12.7. The molecule has 2 amide bonds.